The molecule has 0 saturated heterocycles. The third-order valence-electron chi connectivity index (χ3n) is 2.67. The minimum atomic E-state index is -0.218. The minimum Gasteiger partial charge on any atom is -0.497 e. The van der Waals surface area contributed by atoms with Crippen molar-refractivity contribution < 1.29 is 14.6 Å². The summed E-state index contributed by atoms with van der Waals surface area (Å²) in [5.74, 6) is 0.728. The van der Waals surface area contributed by atoms with E-state index in [-0.39, 0.29) is 24.5 Å². The van der Waals surface area contributed by atoms with E-state index in [1.165, 1.54) is 0 Å². The van der Waals surface area contributed by atoms with Gasteiger partial charge in [0, 0.05) is 5.56 Å². The van der Waals surface area contributed by atoms with Crippen LogP contribution in [0.25, 0.3) is 0 Å². The van der Waals surface area contributed by atoms with E-state index < -0.39 is 0 Å². The SMILES string of the molecule is COc1ccc(C(=O)NC(CO)C(C)C)cc1. The molecule has 2 N–H and O–H groups in total. The van der Waals surface area contributed by atoms with Gasteiger partial charge in [0.05, 0.1) is 19.8 Å². The summed E-state index contributed by atoms with van der Waals surface area (Å²) < 4.78 is 5.02. The third kappa shape index (κ3) is 3.75. The molecule has 0 aromatic heterocycles. The number of nitrogens with one attached hydrogen (secondary N) is 1. The van der Waals surface area contributed by atoms with Gasteiger partial charge in [-0.25, -0.2) is 0 Å². The Kier molecular flexibility index (Phi) is 4.97. The number of hydrogen-bond donors (Lipinski definition) is 2. The second kappa shape index (κ2) is 6.25. The van der Waals surface area contributed by atoms with Crippen LogP contribution in [0.3, 0.4) is 0 Å². The van der Waals surface area contributed by atoms with Crippen molar-refractivity contribution in [2.75, 3.05) is 13.7 Å². The Morgan fingerprint density at radius 2 is 1.94 bits per heavy atom. The summed E-state index contributed by atoms with van der Waals surface area (Å²) >= 11 is 0. The van der Waals surface area contributed by atoms with Crippen molar-refractivity contribution in [3.63, 3.8) is 0 Å². The average Bonchev–Trinajstić information content (AvgIpc) is 2.35. The highest BCUT2D eigenvalue weighted by Crippen LogP contribution is 2.11. The first kappa shape index (κ1) is 13.5. The molecular weight excluding hydrogens is 218 g/mol. The van der Waals surface area contributed by atoms with Crippen molar-refractivity contribution in [1.29, 1.82) is 0 Å². The van der Waals surface area contributed by atoms with E-state index >= 15 is 0 Å². The molecule has 1 aromatic rings. The van der Waals surface area contributed by atoms with Crippen LogP contribution < -0.4 is 10.1 Å². The summed E-state index contributed by atoms with van der Waals surface area (Å²) in [6.45, 7) is 3.85. The number of aliphatic hydroxyl groups excluding tert-OH is 1. The van der Waals surface area contributed by atoms with Crippen LogP contribution in [0, 0.1) is 5.92 Å². The number of carbonyl (C=O) groups is 1. The van der Waals surface area contributed by atoms with E-state index in [0.29, 0.717) is 11.3 Å². The van der Waals surface area contributed by atoms with Crippen LogP contribution in [0.2, 0.25) is 0 Å². The average molecular weight is 237 g/mol. The van der Waals surface area contributed by atoms with Crippen LogP contribution in [-0.4, -0.2) is 30.8 Å². The highest BCUT2D eigenvalue weighted by atomic mass is 16.5. The Balaban J connectivity index is 2.68. The molecule has 0 aliphatic carbocycles. The highest BCUT2D eigenvalue weighted by Gasteiger charge is 2.15. The van der Waals surface area contributed by atoms with Crippen LogP contribution >= 0.6 is 0 Å². The van der Waals surface area contributed by atoms with E-state index in [9.17, 15) is 4.79 Å². The quantitative estimate of drug-likeness (QED) is 0.814. The molecule has 0 heterocycles. The van der Waals surface area contributed by atoms with Crippen molar-refractivity contribution in [1.82, 2.24) is 5.32 Å². The molecule has 1 aromatic carbocycles. The zero-order chi connectivity index (χ0) is 12.8. The molecule has 0 radical (unpaired) electrons. The number of amides is 1. The summed E-state index contributed by atoms with van der Waals surface area (Å²) in [5.41, 5.74) is 0.560. The first-order valence-corrected chi connectivity index (χ1v) is 5.64. The summed E-state index contributed by atoms with van der Waals surface area (Å²) in [6.07, 6.45) is 0. The first-order chi connectivity index (χ1) is 8.08. The van der Waals surface area contributed by atoms with Gasteiger partial charge in [-0.05, 0) is 30.2 Å². The fourth-order valence-corrected chi connectivity index (χ4v) is 1.42. The number of ether oxygens (including phenoxy) is 1. The molecule has 1 atom stereocenters. The Morgan fingerprint density at radius 3 is 2.35 bits per heavy atom. The van der Waals surface area contributed by atoms with Crippen molar-refractivity contribution in [2.45, 2.75) is 19.9 Å². The van der Waals surface area contributed by atoms with Crippen LogP contribution in [0.1, 0.15) is 24.2 Å². The molecule has 0 spiro atoms. The minimum absolute atomic E-state index is 0.0560. The van der Waals surface area contributed by atoms with Gasteiger partial charge < -0.3 is 15.2 Å². The van der Waals surface area contributed by atoms with E-state index in [1.54, 1.807) is 31.4 Å². The second-order valence-electron chi connectivity index (χ2n) is 4.24. The molecule has 0 bridgehead atoms. The number of hydrogen-bond acceptors (Lipinski definition) is 3. The topological polar surface area (TPSA) is 58.6 Å². The zero-order valence-corrected chi connectivity index (χ0v) is 10.4. The lowest BCUT2D eigenvalue weighted by Crippen LogP contribution is -2.41. The molecule has 94 valence electrons. The Morgan fingerprint density at radius 1 is 1.35 bits per heavy atom. The van der Waals surface area contributed by atoms with Gasteiger partial charge in [0.2, 0.25) is 0 Å². The van der Waals surface area contributed by atoms with Gasteiger partial charge in [0.15, 0.2) is 0 Å². The number of aliphatic hydroxyl groups is 1. The smallest absolute Gasteiger partial charge is 0.251 e. The molecule has 0 saturated carbocycles. The van der Waals surface area contributed by atoms with Gasteiger partial charge >= 0.3 is 0 Å². The fraction of sp³-hybridized carbons (Fsp3) is 0.462. The van der Waals surface area contributed by atoms with E-state index in [2.05, 4.69) is 5.32 Å². The van der Waals surface area contributed by atoms with Crippen molar-refractivity contribution in [3.8, 4) is 5.75 Å². The van der Waals surface area contributed by atoms with Gasteiger partial charge in [-0.1, -0.05) is 13.8 Å². The standard InChI is InChI=1S/C13H19NO3/c1-9(2)12(8-15)14-13(16)10-4-6-11(17-3)7-5-10/h4-7,9,12,15H,8H2,1-3H3,(H,14,16). The van der Waals surface area contributed by atoms with Crippen LogP contribution in [0.5, 0.6) is 5.75 Å². The molecule has 0 fully saturated rings. The van der Waals surface area contributed by atoms with Gasteiger partial charge in [0.25, 0.3) is 5.91 Å². The lowest BCUT2D eigenvalue weighted by molar-refractivity contribution is 0.0897. The number of carbonyl (C=O) groups excluding carboxylic acids is 1. The number of rotatable bonds is 5. The summed E-state index contributed by atoms with van der Waals surface area (Å²) in [4.78, 5) is 11.9. The molecule has 1 rings (SSSR count). The van der Waals surface area contributed by atoms with Gasteiger partial charge in [-0.3, -0.25) is 4.79 Å². The van der Waals surface area contributed by atoms with Crippen molar-refractivity contribution in [2.24, 2.45) is 5.92 Å². The maximum Gasteiger partial charge on any atom is 0.251 e. The van der Waals surface area contributed by atoms with Gasteiger partial charge in [0.1, 0.15) is 5.75 Å². The second-order valence-corrected chi connectivity index (χ2v) is 4.24. The number of methoxy groups -OCH3 is 1. The zero-order valence-electron chi connectivity index (χ0n) is 10.4. The largest absolute Gasteiger partial charge is 0.497 e. The molecule has 0 aliphatic heterocycles. The Hall–Kier alpha value is -1.55. The fourth-order valence-electron chi connectivity index (χ4n) is 1.42. The molecule has 1 amide bonds. The third-order valence-corrected chi connectivity index (χ3v) is 2.67. The number of benzene rings is 1. The summed E-state index contributed by atoms with van der Waals surface area (Å²) in [7, 11) is 1.58. The Bertz CT molecular complexity index is 359. The molecule has 1 unspecified atom stereocenters. The summed E-state index contributed by atoms with van der Waals surface area (Å²) in [5, 5.41) is 11.9. The lowest BCUT2D eigenvalue weighted by atomic mass is 10.0. The van der Waals surface area contributed by atoms with Crippen LogP contribution in [0.15, 0.2) is 24.3 Å². The predicted molar refractivity (Wildman–Crippen MR) is 66.2 cm³/mol. The molecular formula is C13H19NO3. The van der Waals surface area contributed by atoms with Gasteiger partial charge in [-0.15, -0.1) is 0 Å². The highest BCUT2D eigenvalue weighted by molar-refractivity contribution is 5.94. The molecule has 4 nitrogen and oxygen atoms in total. The van der Waals surface area contributed by atoms with Crippen molar-refractivity contribution >= 4 is 5.91 Å². The van der Waals surface area contributed by atoms with Crippen molar-refractivity contribution in [3.05, 3.63) is 29.8 Å². The van der Waals surface area contributed by atoms with E-state index in [4.69, 9.17) is 9.84 Å². The first-order valence-electron chi connectivity index (χ1n) is 5.64. The monoisotopic (exact) mass is 237 g/mol. The summed E-state index contributed by atoms with van der Waals surface area (Å²) in [6, 6.07) is 6.65. The van der Waals surface area contributed by atoms with E-state index in [1.807, 2.05) is 13.8 Å². The normalized spacial score (nSPS) is 12.3. The maximum absolute atomic E-state index is 11.9. The maximum atomic E-state index is 11.9. The van der Waals surface area contributed by atoms with Gasteiger partial charge in [-0.2, -0.15) is 0 Å². The molecule has 17 heavy (non-hydrogen) atoms. The lowest BCUT2D eigenvalue weighted by Gasteiger charge is -2.19. The predicted octanol–water partition coefficient (Wildman–Crippen LogP) is 1.44. The van der Waals surface area contributed by atoms with Crippen LogP contribution in [0.4, 0.5) is 0 Å². The van der Waals surface area contributed by atoms with Crippen LogP contribution in [-0.2, 0) is 0 Å². The molecule has 0 aliphatic rings. The molecule has 4 heteroatoms. The van der Waals surface area contributed by atoms with E-state index in [0.717, 1.165) is 0 Å². The Labute approximate surface area is 102 Å².